The largest absolute Gasteiger partial charge is 0.454 e. The van der Waals surface area contributed by atoms with Gasteiger partial charge in [-0.3, -0.25) is 4.79 Å². The van der Waals surface area contributed by atoms with Crippen molar-refractivity contribution in [2.75, 3.05) is 13.8 Å². The van der Waals surface area contributed by atoms with Crippen LogP contribution in [0.1, 0.15) is 11.4 Å². The lowest BCUT2D eigenvalue weighted by Crippen LogP contribution is -2.28. The van der Waals surface area contributed by atoms with Crippen LogP contribution in [-0.4, -0.2) is 34.6 Å². The average Bonchev–Trinajstić information content (AvgIpc) is 3.31. The Balaban J connectivity index is 1.39. The summed E-state index contributed by atoms with van der Waals surface area (Å²) in [5, 5.41) is 0. The van der Waals surface area contributed by atoms with E-state index < -0.39 is 0 Å². The van der Waals surface area contributed by atoms with E-state index in [0.717, 1.165) is 28.4 Å². The Morgan fingerprint density at radius 2 is 1.96 bits per heavy atom. The molecule has 6 heteroatoms. The molecule has 3 aromatic rings. The number of imidazole rings is 1. The van der Waals surface area contributed by atoms with E-state index in [4.69, 9.17) is 9.47 Å². The standard InChI is InChI=1S/C20H19N3O3/c1-23(12-19-21-11-16(22-19)15-5-3-2-4-6-15)20(24)10-14-7-8-17-18(9-14)26-13-25-17/h2-9,11H,10,12-13H2,1H3,(H,21,22). The van der Waals surface area contributed by atoms with Gasteiger partial charge in [-0.2, -0.15) is 0 Å². The fraction of sp³-hybridized carbons (Fsp3) is 0.200. The van der Waals surface area contributed by atoms with Crippen LogP contribution >= 0.6 is 0 Å². The summed E-state index contributed by atoms with van der Waals surface area (Å²) in [5.74, 6) is 2.18. The number of likely N-dealkylation sites (N-methyl/N-ethyl adjacent to an activating group) is 1. The highest BCUT2D eigenvalue weighted by molar-refractivity contribution is 5.78. The van der Waals surface area contributed by atoms with Gasteiger partial charge in [0.1, 0.15) is 5.82 Å². The molecule has 1 aromatic heterocycles. The highest BCUT2D eigenvalue weighted by atomic mass is 16.7. The second kappa shape index (κ2) is 6.92. The quantitative estimate of drug-likeness (QED) is 0.769. The maximum Gasteiger partial charge on any atom is 0.231 e. The Bertz CT molecular complexity index is 921. The number of nitrogens with one attached hydrogen (secondary N) is 1. The van der Waals surface area contributed by atoms with Crippen molar-refractivity contribution in [3.63, 3.8) is 0 Å². The second-order valence-corrected chi connectivity index (χ2v) is 6.22. The van der Waals surface area contributed by atoms with Crippen LogP contribution in [0.5, 0.6) is 11.5 Å². The smallest absolute Gasteiger partial charge is 0.231 e. The van der Waals surface area contributed by atoms with Gasteiger partial charge in [-0.15, -0.1) is 0 Å². The van der Waals surface area contributed by atoms with E-state index in [-0.39, 0.29) is 12.7 Å². The minimum Gasteiger partial charge on any atom is -0.454 e. The first kappa shape index (κ1) is 16.2. The highest BCUT2D eigenvalue weighted by Crippen LogP contribution is 2.32. The van der Waals surface area contributed by atoms with Crippen molar-refractivity contribution in [1.82, 2.24) is 14.9 Å². The van der Waals surface area contributed by atoms with Gasteiger partial charge < -0.3 is 19.4 Å². The zero-order chi connectivity index (χ0) is 17.9. The Morgan fingerprint density at radius 3 is 2.81 bits per heavy atom. The third kappa shape index (κ3) is 3.39. The molecule has 0 unspecified atom stereocenters. The van der Waals surface area contributed by atoms with Crippen LogP contribution in [0.4, 0.5) is 0 Å². The SMILES string of the molecule is CN(Cc1ncc(-c2ccccc2)[nH]1)C(=O)Cc1ccc2c(c1)OCO2. The van der Waals surface area contributed by atoms with Crippen LogP contribution in [0.3, 0.4) is 0 Å². The molecule has 0 fully saturated rings. The van der Waals surface area contributed by atoms with E-state index in [1.165, 1.54) is 0 Å². The molecule has 6 nitrogen and oxygen atoms in total. The first-order chi connectivity index (χ1) is 12.7. The summed E-state index contributed by atoms with van der Waals surface area (Å²) in [6.07, 6.45) is 2.10. The topological polar surface area (TPSA) is 67.5 Å². The molecule has 4 rings (SSSR count). The molecule has 0 radical (unpaired) electrons. The Kier molecular flexibility index (Phi) is 4.31. The number of H-pyrrole nitrogens is 1. The van der Waals surface area contributed by atoms with Gasteiger partial charge >= 0.3 is 0 Å². The number of hydrogen-bond acceptors (Lipinski definition) is 4. The van der Waals surface area contributed by atoms with Crippen molar-refractivity contribution in [3.8, 4) is 22.8 Å². The van der Waals surface area contributed by atoms with Crippen molar-refractivity contribution in [3.05, 3.63) is 66.1 Å². The summed E-state index contributed by atoms with van der Waals surface area (Å²) in [6.45, 7) is 0.658. The van der Waals surface area contributed by atoms with Crippen LogP contribution in [0, 0.1) is 0 Å². The van der Waals surface area contributed by atoms with Gasteiger partial charge in [0.2, 0.25) is 12.7 Å². The van der Waals surface area contributed by atoms with Crippen molar-refractivity contribution in [1.29, 1.82) is 0 Å². The Labute approximate surface area is 151 Å². The summed E-state index contributed by atoms with van der Waals surface area (Å²) in [4.78, 5) is 21.8. The molecule has 0 bridgehead atoms. The van der Waals surface area contributed by atoms with Gasteiger partial charge in [0.15, 0.2) is 11.5 Å². The van der Waals surface area contributed by atoms with Crippen molar-refractivity contribution < 1.29 is 14.3 Å². The number of ether oxygens (including phenoxy) is 2. The van der Waals surface area contributed by atoms with Gasteiger partial charge in [-0.25, -0.2) is 4.98 Å². The van der Waals surface area contributed by atoms with Crippen LogP contribution in [0.15, 0.2) is 54.7 Å². The van der Waals surface area contributed by atoms with Crippen molar-refractivity contribution in [2.24, 2.45) is 0 Å². The number of nitrogens with zero attached hydrogens (tertiary/aromatic N) is 2. The Hall–Kier alpha value is -3.28. The molecule has 0 saturated heterocycles. The van der Waals surface area contributed by atoms with Gasteiger partial charge in [-0.05, 0) is 23.3 Å². The lowest BCUT2D eigenvalue weighted by Gasteiger charge is -2.16. The van der Waals surface area contributed by atoms with E-state index in [1.807, 2.05) is 48.5 Å². The molecule has 26 heavy (non-hydrogen) atoms. The summed E-state index contributed by atoms with van der Waals surface area (Å²) in [7, 11) is 1.78. The normalized spacial score (nSPS) is 12.2. The molecular weight excluding hydrogens is 330 g/mol. The average molecular weight is 349 g/mol. The monoisotopic (exact) mass is 349 g/mol. The first-order valence-corrected chi connectivity index (χ1v) is 8.41. The lowest BCUT2D eigenvalue weighted by molar-refractivity contribution is -0.129. The maximum absolute atomic E-state index is 12.5. The van der Waals surface area contributed by atoms with E-state index in [2.05, 4.69) is 9.97 Å². The molecule has 132 valence electrons. The minimum atomic E-state index is 0.0153. The molecular formula is C20H19N3O3. The van der Waals surface area contributed by atoms with Gasteiger partial charge in [0.05, 0.1) is 24.9 Å². The molecule has 1 N–H and O–H groups in total. The van der Waals surface area contributed by atoms with Gasteiger partial charge in [0.25, 0.3) is 0 Å². The number of rotatable bonds is 5. The minimum absolute atomic E-state index is 0.0153. The number of carbonyl (C=O) groups excluding carboxylic acids is 1. The van der Waals surface area contributed by atoms with E-state index in [0.29, 0.717) is 18.7 Å². The van der Waals surface area contributed by atoms with E-state index >= 15 is 0 Å². The molecule has 0 aliphatic carbocycles. The van der Waals surface area contributed by atoms with Crippen LogP contribution in [0.25, 0.3) is 11.3 Å². The van der Waals surface area contributed by atoms with Gasteiger partial charge in [0, 0.05) is 7.05 Å². The molecule has 1 aliphatic rings. The fourth-order valence-corrected chi connectivity index (χ4v) is 2.88. The molecule has 1 amide bonds. The molecule has 1 aliphatic heterocycles. The lowest BCUT2D eigenvalue weighted by atomic mass is 10.1. The highest BCUT2D eigenvalue weighted by Gasteiger charge is 2.16. The molecule has 0 spiro atoms. The molecule has 0 saturated carbocycles. The Morgan fingerprint density at radius 1 is 1.15 bits per heavy atom. The number of hydrogen-bond donors (Lipinski definition) is 1. The van der Waals surface area contributed by atoms with Crippen LogP contribution < -0.4 is 9.47 Å². The first-order valence-electron chi connectivity index (χ1n) is 8.41. The fourth-order valence-electron chi connectivity index (χ4n) is 2.88. The number of benzene rings is 2. The molecule has 2 heterocycles. The van der Waals surface area contributed by atoms with E-state index in [1.54, 1.807) is 18.1 Å². The number of aromatic nitrogens is 2. The predicted molar refractivity (Wildman–Crippen MR) is 96.8 cm³/mol. The summed E-state index contributed by atoms with van der Waals surface area (Å²) in [5.41, 5.74) is 2.91. The maximum atomic E-state index is 12.5. The summed E-state index contributed by atoms with van der Waals surface area (Å²) >= 11 is 0. The van der Waals surface area contributed by atoms with Crippen LogP contribution in [-0.2, 0) is 17.8 Å². The van der Waals surface area contributed by atoms with Gasteiger partial charge in [-0.1, -0.05) is 36.4 Å². The summed E-state index contributed by atoms with van der Waals surface area (Å²) in [6, 6.07) is 15.6. The number of carbonyl (C=O) groups is 1. The number of amides is 1. The number of fused-ring (bicyclic) bond motifs is 1. The van der Waals surface area contributed by atoms with Crippen molar-refractivity contribution >= 4 is 5.91 Å². The van der Waals surface area contributed by atoms with E-state index in [9.17, 15) is 4.79 Å². The third-order valence-corrected chi connectivity index (χ3v) is 4.32. The van der Waals surface area contributed by atoms with Crippen LogP contribution in [0.2, 0.25) is 0 Å². The predicted octanol–water partition coefficient (Wildman–Crippen LogP) is 3.01. The molecule has 0 atom stereocenters. The third-order valence-electron chi connectivity index (χ3n) is 4.32. The molecule has 2 aromatic carbocycles. The zero-order valence-electron chi connectivity index (χ0n) is 14.4. The van der Waals surface area contributed by atoms with Crippen molar-refractivity contribution in [2.45, 2.75) is 13.0 Å². The summed E-state index contributed by atoms with van der Waals surface area (Å²) < 4.78 is 10.7. The second-order valence-electron chi connectivity index (χ2n) is 6.22. The number of aromatic amines is 1. The zero-order valence-corrected chi connectivity index (χ0v) is 14.4.